The third-order valence-corrected chi connectivity index (χ3v) is 4.27. The van der Waals surface area contributed by atoms with Crippen LogP contribution >= 0.6 is 0 Å². The van der Waals surface area contributed by atoms with E-state index < -0.39 is 10.0 Å². The Bertz CT molecular complexity index is 650. The van der Waals surface area contributed by atoms with Crippen molar-refractivity contribution in [3.8, 4) is 6.07 Å². The summed E-state index contributed by atoms with van der Waals surface area (Å²) in [4.78, 5) is 11.8. The molecule has 8 heteroatoms. The lowest BCUT2D eigenvalue weighted by Crippen LogP contribution is -2.35. The Hall–Kier alpha value is -2.11. The van der Waals surface area contributed by atoms with Crippen LogP contribution in [0.1, 0.15) is 18.4 Å². The van der Waals surface area contributed by atoms with Crippen molar-refractivity contribution < 1.29 is 17.9 Å². The zero-order chi connectivity index (χ0) is 17.3. The van der Waals surface area contributed by atoms with E-state index in [1.165, 1.54) is 0 Å². The van der Waals surface area contributed by atoms with E-state index in [-0.39, 0.29) is 18.9 Å². The summed E-state index contributed by atoms with van der Waals surface area (Å²) in [5.41, 5.74) is 0.872. The van der Waals surface area contributed by atoms with Crippen LogP contribution in [0.25, 0.3) is 0 Å². The van der Waals surface area contributed by atoms with Crippen LogP contribution in [0, 0.1) is 11.3 Å². The minimum Gasteiger partial charge on any atom is -0.385 e. The number of nitriles is 1. The van der Waals surface area contributed by atoms with Crippen molar-refractivity contribution in [2.75, 3.05) is 37.4 Å². The number of nitrogens with one attached hydrogen (secondary N) is 1. The third-order valence-electron chi connectivity index (χ3n) is 3.07. The van der Waals surface area contributed by atoms with Gasteiger partial charge in [-0.25, -0.2) is 8.42 Å². The van der Waals surface area contributed by atoms with E-state index in [2.05, 4.69) is 5.32 Å². The van der Waals surface area contributed by atoms with Gasteiger partial charge in [-0.1, -0.05) is 0 Å². The molecule has 1 amide bonds. The molecule has 126 valence electrons. The molecule has 0 saturated heterocycles. The Labute approximate surface area is 136 Å². The summed E-state index contributed by atoms with van der Waals surface area (Å²) in [6, 6.07) is 8.16. The highest BCUT2D eigenvalue weighted by Crippen LogP contribution is 2.18. The number of sulfonamides is 1. The molecular weight excluding hydrogens is 318 g/mol. The van der Waals surface area contributed by atoms with Gasteiger partial charge in [0.25, 0.3) is 0 Å². The number of hydrogen-bond donors (Lipinski definition) is 1. The SMILES string of the molecule is COCCCNC(=O)CCN(c1ccc(C#N)cc1)S(C)(=O)=O. The Morgan fingerprint density at radius 2 is 2.00 bits per heavy atom. The van der Waals surface area contributed by atoms with Gasteiger partial charge in [0, 0.05) is 33.2 Å². The van der Waals surface area contributed by atoms with Gasteiger partial charge in [-0.15, -0.1) is 0 Å². The maximum Gasteiger partial charge on any atom is 0.232 e. The number of anilines is 1. The maximum atomic E-state index is 11.9. The summed E-state index contributed by atoms with van der Waals surface area (Å²) in [6.45, 7) is 1.09. The summed E-state index contributed by atoms with van der Waals surface area (Å²) in [5.74, 6) is -0.219. The lowest BCUT2D eigenvalue weighted by Gasteiger charge is -2.22. The molecule has 0 fully saturated rings. The Morgan fingerprint density at radius 3 is 2.52 bits per heavy atom. The van der Waals surface area contributed by atoms with Crippen molar-refractivity contribution in [2.45, 2.75) is 12.8 Å². The molecule has 0 saturated carbocycles. The molecule has 7 nitrogen and oxygen atoms in total. The molecule has 0 spiro atoms. The first kappa shape index (κ1) is 18.9. The van der Waals surface area contributed by atoms with Gasteiger partial charge in [-0.05, 0) is 30.7 Å². The van der Waals surface area contributed by atoms with E-state index in [1.54, 1.807) is 31.4 Å². The van der Waals surface area contributed by atoms with Gasteiger partial charge < -0.3 is 10.1 Å². The van der Waals surface area contributed by atoms with Gasteiger partial charge in [0.1, 0.15) is 0 Å². The first-order chi connectivity index (χ1) is 10.9. The minimum absolute atomic E-state index is 0.0425. The fourth-order valence-corrected chi connectivity index (χ4v) is 2.85. The summed E-state index contributed by atoms with van der Waals surface area (Å²) in [6.07, 6.45) is 1.84. The van der Waals surface area contributed by atoms with Crippen LogP contribution in [-0.4, -0.2) is 47.4 Å². The van der Waals surface area contributed by atoms with Gasteiger partial charge in [-0.3, -0.25) is 9.10 Å². The Balaban J connectivity index is 2.66. The molecule has 0 aliphatic rings. The number of methoxy groups -OCH3 is 1. The molecule has 0 aliphatic heterocycles. The number of nitrogens with zero attached hydrogens (tertiary/aromatic N) is 2. The van der Waals surface area contributed by atoms with Gasteiger partial charge in [-0.2, -0.15) is 5.26 Å². The van der Waals surface area contributed by atoms with Crippen molar-refractivity contribution in [3.05, 3.63) is 29.8 Å². The fourth-order valence-electron chi connectivity index (χ4n) is 1.92. The van der Waals surface area contributed by atoms with Crippen LogP contribution in [-0.2, 0) is 19.6 Å². The number of hydrogen-bond acceptors (Lipinski definition) is 5. The molecule has 0 aromatic heterocycles. The molecule has 1 rings (SSSR count). The van der Waals surface area contributed by atoms with Crippen molar-refractivity contribution in [3.63, 3.8) is 0 Å². The quantitative estimate of drug-likeness (QED) is 0.673. The minimum atomic E-state index is -3.51. The molecule has 0 bridgehead atoms. The van der Waals surface area contributed by atoms with E-state index in [1.807, 2.05) is 6.07 Å². The van der Waals surface area contributed by atoms with Crippen LogP contribution in [0.15, 0.2) is 24.3 Å². The van der Waals surface area contributed by atoms with E-state index in [9.17, 15) is 13.2 Å². The highest BCUT2D eigenvalue weighted by Gasteiger charge is 2.18. The lowest BCUT2D eigenvalue weighted by atomic mass is 10.2. The third kappa shape index (κ3) is 6.67. The van der Waals surface area contributed by atoms with E-state index in [4.69, 9.17) is 10.00 Å². The normalized spacial score (nSPS) is 10.8. The Kier molecular flexibility index (Phi) is 7.51. The second-order valence-corrected chi connectivity index (χ2v) is 6.85. The maximum absolute atomic E-state index is 11.9. The van der Waals surface area contributed by atoms with Gasteiger partial charge in [0.2, 0.25) is 15.9 Å². The molecule has 1 N–H and O–H groups in total. The molecule has 0 radical (unpaired) electrons. The number of ether oxygens (including phenoxy) is 1. The van der Waals surface area contributed by atoms with Gasteiger partial charge >= 0.3 is 0 Å². The van der Waals surface area contributed by atoms with Crippen molar-refractivity contribution in [2.24, 2.45) is 0 Å². The zero-order valence-corrected chi connectivity index (χ0v) is 14.1. The number of rotatable bonds is 9. The summed E-state index contributed by atoms with van der Waals surface area (Å²) in [5, 5.41) is 11.5. The van der Waals surface area contributed by atoms with Crippen LogP contribution in [0.3, 0.4) is 0 Å². The first-order valence-corrected chi connectivity index (χ1v) is 8.97. The largest absolute Gasteiger partial charge is 0.385 e. The molecule has 0 aliphatic carbocycles. The first-order valence-electron chi connectivity index (χ1n) is 7.12. The summed E-state index contributed by atoms with van der Waals surface area (Å²) < 4.78 is 29.9. The summed E-state index contributed by atoms with van der Waals surface area (Å²) >= 11 is 0. The van der Waals surface area contributed by atoms with Crippen LogP contribution in [0.4, 0.5) is 5.69 Å². The molecular formula is C15H21N3O4S. The monoisotopic (exact) mass is 339 g/mol. The number of benzene rings is 1. The highest BCUT2D eigenvalue weighted by atomic mass is 32.2. The van der Waals surface area contributed by atoms with E-state index >= 15 is 0 Å². The number of carbonyl (C=O) groups is 1. The van der Waals surface area contributed by atoms with Gasteiger partial charge in [0.15, 0.2) is 0 Å². The summed E-state index contributed by atoms with van der Waals surface area (Å²) in [7, 11) is -1.93. The highest BCUT2D eigenvalue weighted by molar-refractivity contribution is 7.92. The van der Waals surface area contributed by atoms with Gasteiger partial charge in [0.05, 0.1) is 23.6 Å². The van der Waals surface area contributed by atoms with Crippen LogP contribution in [0.2, 0.25) is 0 Å². The number of amides is 1. The smallest absolute Gasteiger partial charge is 0.232 e. The molecule has 0 heterocycles. The topological polar surface area (TPSA) is 99.5 Å². The second kappa shape index (κ2) is 9.12. The lowest BCUT2D eigenvalue weighted by molar-refractivity contribution is -0.120. The second-order valence-electron chi connectivity index (χ2n) is 4.94. The molecule has 1 aromatic rings. The average Bonchev–Trinajstić information content (AvgIpc) is 2.51. The van der Waals surface area contributed by atoms with E-state index in [0.29, 0.717) is 30.8 Å². The standard InChI is InChI=1S/C15H21N3O4S/c1-22-11-3-9-17-15(19)8-10-18(23(2,20)21)14-6-4-13(12-16)5-7-14/h4-7H,3,8-11H2,1-2H3,(H,17,19). The van der Waals surface area contributed by atoms with E-state index in [0.717, 1.165) is 10.6 Å². The van der Waals surface area contributed by atoms with Crippen LogP contribution < -0.4 is 9.62 Å². The average molecular weight is 339 g/mol. The fraction of sp³-hybridized carbons (Fsp3) is 0.467. The predicted octanol–water partition coefficient (Wildman–Crippen LogP) is 0.867. The van der Waals surface area contributed by atoms with Crippen molar-refractivity contribution >= 4 is 21.6 Å². The van der Waals surface area contributed by atoms with Crippen molar-refractivity contribution in [1.82, 2.24) is 5.32 Å². The molecule has 1 aromatic carbocycles. The number of carbonyl (C=O) groups excluding carboxylic acids is 1. The van der Waals surface area contributed by atoms with Crippen LogP contribution in [0.5, 0.6) is 0 Å². The zero-order valence-electron chi connectivity index (χ0n) is 13.3. The van der Waals surface area contributed by atoms with Crippen molar-refractivity contribution in [1.29, 1.82) is 5.26 Å². The Morgan fingerprint density at radius 1 is 1.35 bits per heavy atom. The molecule has 0 atom stereocenters. The molecule has 0 unspecified atom stereocenters. The predicted molar refractivity (Wildman–Crippen MR) is 87.5 cm³/mol. The molecule has 23 heavy (non-hydrogen) atoms.